The first-order chi connectivity index (χ1) is 18.2. The van der Waals surface area contributed by atoms with Gasteiger partial charge < -0.3 is 21.6 Å². The largest absolute Gasteiger partial charge is 0.380 e. The lowest BCUT2D eigenvalue weighted by atomic mass is 9.77. The zero-order chi connectivity index (χ0) is 27.7. The van der Waals surface area contributed by atoms with Crippen molar-refractivity contribution >= 4 is 23.5 Å². The van der Waals surface area contributed by atoms with Gasteiger partial charge in [-0.15, -0.1) is 0 Å². The highest BCUT2D eigenvalue weighted by Crippen LogP contribution is 2.36. The van der Waals surface area contributed by atoms with E-state index in [0.717, 1.165) is 31.2 Å². The van der Waals surface area contributed by atoms with Crippen LogP contribution in [0.15, 0.2) is 59.8 Å². The van der Waals surface area contributed by atoms with E-state index < -0.39 is 18.1 Å². The van der Waals surface area contributed by atoms with Crippen molar-refractivity contribution in [1.29, 1.82) is 0 Å². The highest BCUT2D eigenvalue weighted by Gasteiger charge is 2.29. The molecular weight excluding hydrogens is 480 g/mol. The fraction of sp³-hybridized carbons (Fsp3) is 0.467. The Bertz CT molecular complexity index is 1110. The van der Waals surface area contributed by atoms with Gasteiger partial charge in [0.15, 0.2) is 11.6 Å². The number of nitrogens with two attached hydrogens (primary N) is 2. The molecule has 0 unspecified atom stereocenters. The number of amidine groups is 1. The first-order valence-corrected chi connectivity index (χ1v) is 13.4. The van der Waals surface area contributed by atoms with Crippen molar-refractivity contribution < 1.29 is 19.2 Å². The Morgan fingerprint density at radius 1 is 1.03 bits per heavy atom. The number of hydrogen-bond acceptors (Lipinski definition) is 6. The Balaban J connectivity index is 1.45. The number of amides is 1. The molecule has 0 heterocycles. The number of carbonyl (C=O) groups is 3. The highest BCUT2D eigenvalue weighted by molar-refractivity contribution is 5.97. The third-order valence-corrected chi connectivity index (χ3v) is 7.29. The molecule has 8 heteroatoms. The van der Waals surface area contributed by atoms with Crippen LogP contribution < -0.4 is 16.8 Å². The van der Waals surface area contributed by atoms with Crippen LogP contribution in [0.3, 0.4) is 0 Å². The smallest absolute Gasteiger partial charge is 0.351 e. The van der Waals surface area contributed by atoms with E-state index in [1.165, 1.54) is 5.56 Å². The molecule has 204 valence electrons. The number of hydrogen-bond donors (Lipinski definition) is 3. The van der Waals surface area contributed by atoms with E-state index in [0.29, 0.717) is 24.3 Å². The van der Waals surface area contributed by atoms with Crippen molar-refractivity contribution in [3.63, 3.8) is 0 Å². The summed E-state index contributed by atoms with van der Waals surface area (Å²) in [5, 5.41) is 6.63. The fourth-order valence-electron chi connectivity index (χ4n) is 4.67. The lowest BCUT2D eigenvalue weighted by molar-refractivity contribution is -0.146. The Labute approximate surface area is 225 Å². The number of aryl methyl sites for hydroxylation is 1. The van der Waals surface area contributed by atoms with Gasteiger partial charge in [-0.25, -0.2) is 4.79 Å². The molecule has 2 aromatic carbocycles. The quantitative estimate of drug-likeness (QED) is 0.178. The number of nitrogens with one attached hydrogen (secondary N) is 1. The molecule has 38 heavy (non-hydrogen) atoms. The van der Waals surface area contributed by atoms with E-state index in [1.807, 2.05) is 44.2 Å². The summed E-state index contributed by atoms with van der Waals surface area (Å²) >= 11 is 0. The van der Waals surface area contributed by atoms with Crippen molar-refractivity contribution in [3.05, 3.63) is 71.3 Å². The maximum atomic E-state index is 12.9. The van der Waals surface area contributed by atoms with Crippen LogP contribution in [0.2, 0.25) is 0 Å². The van der Waals surface area contributed by atoms with Gasteiger partial charge in [0.1, 0.15) is 6.04 Å². The zero-order valence-electron chi connectivity index (χ0n) is 22.6. The average Bonchev–Trinajstić information content (AvgIpc) is 2.94. The molecule has 2 aromatic rings. The molecule has 1 fully saturated rings. The summed E-state index contributed by atoms with van der Waals surface area (Å²) in [4.78, 5) is 42.3. The van der Waals surface area contributed by atoms with Crippen LogP contribution in [-0.4, -0.2) is 35.6 Å². The van der Waals surface area contributed by atoms with E-state index in [-0.39, 0.29) is 29.4 Å². The van der Waals surface area contributed by atoms with Crippen LogP contribution in [0.5, 0.6) is 0 Å². The third-order valence-electron chi connectivity index (χ3n) is 7.29. The fourth-order valence-corrected chi connectivity index (χ4v) is 4.67. The van der Waals surface area contributed by atoms with Gasteiger partial charge in [0.2, 0.25) is 5.91 Å². The second-order valence-electron chi connectivity index (χ2n) is 10.5. The molecule has 1 saturated carbocycles. The lowest BCUT2D eigenvalue weighted by Crippen LogP contribution is -2.42. The molecule has 3 rings (SSSR count). The number of benzene rings is 2. The minimum Gasteiger partial charge on any atom is -0.380 e. The second kappa shape index (κ2) is 13.9. The molecule has 0 bridgehead atoms. The lowest BCUT2D eigenvalue weighted by Gasteiger charge is -2.29. The molecule has 8 nitrogen and oxygen atoms in total. The number of rotatable bonds is 11. The minimum atomic E-state index is -0.771. The first-order valence-electron chi connectivity index (χ1n) is 13.4. The molecule has 1 aliphatic rings. The van der Waals surface area contributed by atoms with Gasteiger partial charge in [-0.2, -0.15) is 0 Å². The van der Waals surface area contributed by atoms with Crippen molar-refractivity contribution in [2.45, 2.75) is 77.3 Å². The zero-order valence-corrected chi connectivity index (χ0v) is 22.6. The predicted octanol–water partition coefficient (Wildman–Crippen LogP) is 3.81. The average molecular weight is 521 g/mol. The second-order valence-corrected chi connectivity index (χ2v) is 10.5. The molecular formula is C30H40N4O4. The normalized spacial score (nSPS) is 19.4. The van der Waals surface area contributed by atoms with Gasteiger partial charge in [-0.05, 0) is 55.6 Å². The summed E-state index contributed by atoms with van der Waals surface area (Å²) in [6.45, 7) is 5.38. The maximum Gasteiger partial charge on any atom is 0.351 e. The molecule has 0 spiro atoms. The van der Waals surface area contributed by atoms with Gasteiger partial charge in [-0.3, -0.25) is 9.59 Å². The summed E-state index contributed by atoms with van der Waals surface area (Å²) in [7, 11) is 0. The maximum absolute atomic E-state index is 12.9. The predicted molar refractivity (Wildman–Crippen MR) is 148 cm³/mol. The Hall–Kier alpha value is -3.52. The number of nitrogens with zero attached hydrogens (tertiary/aromatic N) is 1. The van der Waals surface area contributed by atoms with Crippen molar-refractivity contribution in [1.82, 2.24) is 5.32 Å². The summed E-state index contributed by atoms with van der Waals surface area (Å²) in [5.41, 5.74) is 14.5. The third kappa shape index (κ3) is 8.25. The standard InChI is InChI=1S/C30H40N4O4/c1-19(2)27(31)30(37)38-34-28(32)23-15-12-21(13-16-23)14-17-26(35)20(3)33-29(36)25-11-7-10-24(18-25)22-8-5-4-6-9-22/h4-6,8-9,12-13,15-16,19-20,24-25,27H,7,10-11,14,17-18,31H2,1-3H3,(H2,32,34)(H,33,36)/t20-,24-,25+,27-/m0/s1. The summed E-state index contributed by atoms with van der Waals surface area (Å²) in [6, 6.07) is 16.2. The molecule has 1 aliphatic carbocycles. The van der Waals surface area contributed by atoms with E-state index in [9.17, 15) is 14.4 Å². The van der Waals surface area contributed by atoms with E-state index in [1.54, 1.807) is 19.1 Å². The van der Waals surface area contributed by atoms with Crippen LogP contribution in [0.25, 0.3) is 0 Å². The molecule has 0 aromatic heterocycles. The monoisotopic (exact) mass is 520 g/mol. The van der Waals surface area contributed by atoms with Crippen molar-refractivity contribution in [2.75, 3.05) is 0 Å². The summed E-state index contributed by atoms with van der Waals surface area (Å²) in [5.74, 6) is -0.365. The van der Waals surface area contributed by atoms with Gasteiger partial charge in [0.25, 0.3) is 0 Å². The minimum absolute atomic E-state index is 0.00711. The van der Waals surface area contributed by atoms with E-state index in [4.69, 9.17) is 16.3 Å². The van der Waals surface area contributed by atoms with Gasteiger partial charge in [0.05, 0.1) is 6.04 Å². The van der Waals surface area contributed by atoms with E-state index >= 15 is 0 Å². The van der Waals surface area contributed by atoms with Gasteiger partial charge in [0, 0.05) is 17.9 Å². The molecule has 0 saturated heterocycles. The Morgan fingerprint density at radius 3 is 2.37 bits per heavy atom. The van der Waals surface area contributed by atoms with Crippen LogP contribution >= 0.6 is 0 Å². The molecule has 0 radical (unpaired) electrons. The van der Waals surface area contributed by atoms with Crippen molar-refractivity contribution in [3.8, 4) is 0 Å². The topological polar surface area (TPSA) is 137 Å². The molecule has 4 atom stereocenters. The molecule has 1 amide bonds. The summed E-state index contributed by atoms with van der Waals surface area (Å²) in [6.07, 6.45) is 4.63. The molecule has 0 aliphatic heterocycles. The Kier molecular flexibility index (Phi) is 10.6. The number of ketones is 1. The number of Topliss-reactive ketones (excluding diaryl/α,β-unsaturated/α-hetero) is 1. The SMILES string of the molecule is CC(C)[C@H](N)C(=O)O/N=C(\N)c1ccc(CCC(=O)[C@H](C)NC(=O)[C@@H]2CCC[C@H](c3ccccc3)C2)cc1. The van der Waals surface area contributed by atoms with Gasteiger partial charge >= 0.3 is 5.97 Å². The molecule has 5 N–H and O–H groups in total. The highest BCUT2D eigenvalue weighted by atomic mass is 16.7. The van der Waals surface area contributed by atoms with E-state index in [2.05, 4.69) is 22.6 Å². The first kappa shape index (κ1) is 29.0. The number of oxime groups is 1. The van der Waals surface area contributed by atoms with Gasteiger partial charge in [-0.1, -0.05) is 80.0 Å². The van der Waals surface area contributed by atoms with Crippen LogP contribution in [0, 0.1) is 11.8 Å². The van der Waals surface area contributed by atoms with Crippen LogP contribution in [0.1, 0.15) is 75.5 Å². The van der Waals surface area contributed by atoms with Crippen LogP contribution in [0.4, 0.5) is 0 Å². The number of carbonyl (C=O) groups excluding carboxylic acids is 3. The summed E-state index contributed by atoms with van der Waals surface area (Å²) < 4.78 is 0. The van der Waals surface area contributed by atoms with Crippen LogP contribution in [-0.2, 0) is 25.6 Å². The Morgan fingerprint density at radius 2 is 1.71 bits per heavy atom. The van der Waals surface area contributed by atoms with Crippen molar-refractivity contribution in [2.24, 2.45) is 28.5 Å².